The van der Waals surface area contributed by atoms with Gasteiger partial charge in [-0.25, -0.2) is 0 Å². The minimum atomic E-state index is -4.38. The zero-order valence-electron chi connectivity index (χ0n) is 7.14. The van der Waals surface area contributed by atoms with E-state index in [0.29, 0.717) is 4.47 Å². The van der Waals surface area contributed by atoms with Crippen LogP contribution in [0.1, 0.15) is 10.4 Å². The maximum absolute atomic E-state index is 12.0. The van der Waals surface area contributed by atoms with Crippen LogP contribution in [-0.4, -0.2) is 11.4 Å². The van der Waals surface area contributed by atoms with Crippen LogP contribution in [-0.2, 0) is 0 Å². The number of nitrogens with two attached hydrogens (primary N) is 1. The molecule has 0 aromatic heterocycles. The maximum Gasteiger partial charge on any atom is 0.446 e. The van der Waals surface area contributed by atoms with E-state index in [1.165, 1.54) is 12.1 Å². The van der Waals surface area contributed by atoms with Crippen molar-refractivity contribution in [1.29, 1.82) is 0 Å². The summed E-state index contributed by atoms with van der Waals surface area (Å²) in [6, 6.07) is 3.73. The van der Waals surface area contributed by atoms with Crippen molar-refractivity contribution in [1.82, 2.24) is 0 Å². The number of carbonyl (C=O) groups excluding carboxylic acids is 1. The molecule has 1 amide bonds. The molecule has 82 valence electrons. The number of hydrogen-bond acceptors (Lipinski definition) is 2. The largest absolute Gasteiger partial charge is 0.446 e. The predicted octanol–water partition coefficient (Wildman–Crippen LogP) is 3.16. The highest BCUT2D eigenvalue weighted by Gasteiger charge is 2.29. The molecule has 0 aliphatic heterocycles. The number of rotatable bonds is 2. The van der Waals surface area contributed by atoms with Gasteiger partial charge in [0.05, 0.1) is 0 Å². The summed E-state index contributed by atoms with van der Waals surface area (Å²) in [4.78, 5) is 10.7. The Morgan fingerprint density at radius 2 is 1.93 bits per heavy atom. The van der Waals surface area contributed by atoms with Gasteiger partial charge in [0.15, 0.2) is 0 Å². The predicted molar refractivity (Wildman–Crippen MR) is 54.6 cm³/mol. The van der Waals surface area contributed by atoms with Gasteiger partial charge in [0.1, 0.15) is 0 Å². The van der Waals surface area contributed by atoms with Gasteiger partial charge in [-0.1, -0.05) is 15.9 Å². The fraction of sp³-hybridized carbons (Fsp3) is 0.125. The molecule has 15 heavy (non-hydrogen) atoms. The van der Waals surface area contributed by atoms with Crippen molar-refractivity contribution in [3.05, 3.63) is 28.2 Å². The smallest absolute Gasteiger partial charge is 0.366 e. The van der Waals surface area contributed by atoms with Gasteiger partial charge in [-0.3, -0.25) is 4.79 Å². The van der Waals surface area contributed by atoms with E-state index in [1.54, 1.807) is 0 Å². The molecule has 1 rings (SSSR count). The summed E-state index contributed by atoms with van der Waals surface area (Å²) < 4.78 is 36.5. The Hall–Kier alpha value is -0.690. The Morgan fingerprint density at radius 3 is 2.40 bits per heavy atom. The highest BCUT2D eigenvalue weighted by Crippen LogP contribution is 2.38. The Labute approximate surface area is 96.1 Å². The van der Waals surface area contributed by atoms with E-state index in [9.17, 15) is 18.0 Å². The van der Waals surface area contributed by atoms with Crippen LogP contribution in [0.25, 0.3) is 0 Å². The molecule has 0 fully saturated rings. The van der Waals surface area contributed by atoms with Crippen molar-refractivity contribution >= 4 is 33.6 Å². The molecule has 0 saturated carbocycles. The zero-order valence-corrected chi connectivity index (χ0v) is 9.54. The average Bonchev–Trinajstić information content (AvgIpc) is 1.99. The molecule has 0 unspecified atom stereocenters. The molecule has 2 nitrogen and oxygen atoms in total. The minimum Gasteiger partial charge on any atom is -0.366 e. The van der Waals surface area contributed by atoms with E-state index in [0.717, 1.165) is 6.07 Å². The van der Waals surface area contributed by atoms with E-state index < -0.39 is 11.4 Å². The molecule has 0 atom stereocenters. The number of carbonyl (C=O) groups is 1. The number of alkyl halides is 3. The normalized spacial score (nSPS) is 11.5. The topological polar surface area (TPSA) is 43.1 Å². The first-order chi connectivity index (χ1) is 6.78. The second-order valence-electron chi connectivity index (χ2n) is 2.59. The van der Waals surface area contributed by atoms with Crippen LogP contribution in [0.2, 0.25) is 0 Å². The van der Waals surface area contributed by atoms with Gasteiger partial charge in [-0.15, -0.1) is 0 Å². The molecule has 0 bridgehead atoms. The third-order valence-electron chi connectivity index (χ3n) is 1.39. The van der Waals surface area contributed by atoms with E-state index in [-0.39, 0.29) is 22.2 Å². The number of hydrogen-bond donors (Lipinski definition) is 1. The first-order valence-corrected chi connectivity index (χ1v) is 5.25. The summed E-state index contributed by atoms with van der Waals surface area (Å²) in [6.45, 7) is 0. The lowest BCUT2D eigenvalue weighted by atomic mass is 10.2. The van der Waals surface area contributed by atoms with E-state index in [4.69, 9.17) is 5.73 Å². The summed E-state index contributed by atoms with van der Waals surface area (Å²) in [6.07, 6.45) is 0. The average molecular weight is 300 g/mol. The monoisotopic (exact) mass is 299 g/mol. The summed E-state index contributed by atoms with van der Waals surface area (Å²) in [5.41, 5.74) is 0.624. The zero-order chi connectivity index (χ0) is 11.6. The van der Waals surface area contributed by atoms with E-state index in [1.807, 2.05) is 0 Å². The molecular weight excluding hydrogens is 295 g/mol. The molecule has 0 saturated heterocycles. The lowest BCUT2D eigenvalue weighted by Gasteiger charge is -2.07. The number of primary amides is 1. The highest BCUT2D eigenvalue weighted by atomic mass is 79.9. The van der Waals surface area contributed by atoms with Gasteiger partial charge in [0.2, 0.25) is 5.91 Å². The molecule has 1 aromatic carbocycles. The molecule has 0 aliphatic carbocycles. The second kappa shape index (κ2) is 4.44. The van der Waals surface area contributed by atoms with Crippen molar-refractivity contribution in [2.45, 2.75) is 10.4 Å². The van der Waals surface area contributed by atoms with Crippen molar-refractivity contribution in [2.24, 2.45) is 5.73 Å². The quantitative estimate of drug-likeness (QED) is 0.853. The van der Waals surface area contributed by atoms with Gasteiger partial charge in [0.25, 0.3) is 0 Å². The van der Waals surface area contributed by atoms with Gasteiger partial charge in [-0.2, -0.15) is 13.2 Å². The lowest BCUT2D eigenvalue weighted by molar-refractivity contribution is -0.0328. The van der Waals surface area contributed by atoms with Crippen molar-refractivity contribution in [3.8, 4) is 0 Å². The fourth-order valence-electron chi connectivity index (χ4n) is 0.898. The standard InChI is InChI=1S/C8H5BrF3NOS/c9-5-1-4(7(13)14)2-6(3-5)15-8(10,11)12/h1-3H,(H2,13,14). The van der Waals surface area contributed by atoms with Crippen LogP contribution < -0.4 is 5.73 Å². The summed E-state index contributed by atoms with van der Waals surface area (Å²) in [5, 5.41) is 0. The van der Waals surface area contributed by atoms with Crippen molar-refractivity contribution in [2.75, 3.05) is 0 Å². The number of halogens is 4. The van der Waals surface area contributed by atoms with Crippen LogP contribution in [0.4, 0.5) is 13.2 Å². The molecule has 2 N–H and O–H groups in total. The van der Waals surface area contributed by atoms with E-state index >= 15 is 0 Å². The third kappa shape index (κ3) is 4.13. The second-order valence-corrected chi connectivity index (χ2v) is 4.64. The lowest BCUT2D eigenvalue weighted by Crippen LogP contribution is -2.11. The molecule has 0 aliphatic rings. The van der Waals surface area contributed by atoms with Crippen molar-refractivity contribution < 1.29 is 18.0 Å². The maximum atomic E-state index is 12.0. The Balaban J connectivity index is 3.04. The molecule has 0 radical (unpaired) electrons. The summed E-state index contributed by atoms with van der Waals surface area (Å²) in [7, 11) is 0. The Morgan fingerprint density at radius 1 is 1.33 bits per heavy atom. The van der Waals surface area contributed by atoms with Gasteiger partial charge >= 0.3 is 5.51 Å². The fourth-order valence-corrected chi connectivity index (χ4v) is 2.18. The van der Waals surface area contributed by atoms with Crippen LogP contribution in [0.3, 0.4) is 0 Å². The highest BCUT2D eigenvalue weighted by molar-refractivity contribution is 9.10. The van der Waals surface area contributed by atoms with Crippen LogP contribution in [0.5, 0.6) is 0 Å². The summed E-state index contributed by atoms with van der Waals surface area (Å²) in [5.74, 6) is -0.764. The SMILES string of the molecule is NC(=O)c1cc(Br)cc(SC(F)(F)F)c1. The van der Waals surface area contributed by atoms with Crippen LogP contribution >= 0.6 is 27.7 Å². The van der Waals surface area contributed by atoms with E-state index in [2.05, 4.69) is 15.9 Å². The minimum absolute atomic E-state index is 0.0381. The third-order valence-corrected chi connectivity index (χ3v) is 2.55. The molecule has 0 spiro atoms. The Bertz CT molecular complexity index is 394. The first kappa shape index (κ1) is 12.4. The number of thioether (sulfide) groups is 1. The Kier molecular flexibility index (Phi) is 3.67. The number of benzene rings is 1. The number of amides is 1. The molecule has 7 heteroatoms. The van der Waals surface area contributed by atoms with Crippen LogP contribution in [0, 0.1) is 0 Å². The molecular formula is C8H5BrF3NOS. The van der Waals surface area contributed by atoms with Gasteiger partial charge in [-0.05, 0) is 30.0 Å². The molecule has 1 aromatic rings. The van der Waals surface area contributed by atoms with Crippen LogP contribution in [0.15, 0.2) is 27.6 Å². The van der Waals surface area contributed by atoms with Gasteiger partial charge in [0, 0.05) is 14.9 Å². The van der Waals surface area contributed by atoms with Crippen molar-refractivity contribution in [3.63, 3.8) is 0 Å². The first-order valence-electron chi connectivity index (χ1n) is 3.64. The molecule has 0 heterocycles. The van der Waals surface area contributed by atoms with Gasteiger partial charge < -0.3 is 5.73 Å². The summed E-state index contributed by atoms with van der Waals surface area (Å²) >= 11 is 2.71.